The molecule has 1 N–H and O–H groups in total. The van der Waals surface area contributed by atoms with Crippen molar-refractivity contribution in [2.45, 2.75) is 33.3 Å². The molecule has 72 valence electrons. The number of rotatable bonds is 2. The summed E-state index contributed by atoms with van der Waals surface area (Å²) in [6, 6.07) is 4.02. The lowest BCUT2D eigenvalue weighted by atomic mass is 10.0. The number of aryl methyl sites for hydroxylation is 1. The number of hydrogen-bond donors (Lipinski definition) is 1. The molecule has 1 aromatic rings. The highest BCUT2D eigenvalue weighted by molar-refractivity contribution is 6.31. The smallest absolute Gasteiger partial charge is 0.0552 e. The molecule has 0 saturated carbocycles. The molecule has 0 spiro atoms. The van der Waals surface area contributed by atoms with Gasteiger partial charge in [-0.1, -0.05) is 17.7 Å². The van der Waals surface area contributed by atoms with E-state index < -0.39 is 0 Å². The molecule has 0 heterocycles. The predicted molar refractivity (Wildman–Crippen MR) is 56.3 cm³/mol. The Balaban J connectivity index is 3.05. The lowest BCUT2D eigenvalue weighted by Crippen LogP contribution is -2.06. The van der Waals surface area contributed by atoms with E-state index in [0.29, 0.717) is 6.42 Å². The minimum Gasteiger partial charge on any atom is -0.393 e. The van der Waals surface area contributed by atoms with Crippen molar-refractivity contribution >= 4 is 11.6 Å². The van der Waals surface area contributed by atoms with Crippen LogP contribution in [0.25, 0.3) is 0 Å². The van der Waals surface area contributed by atoms with Crippen LogP contribution in [0.3, 0.4) is 0 Å². The van der Waals surface area contributed by atoms with Gasteiger partial charge >= 0.3 is 0 Å². The molecule has 1 nitrogen and oxygen atoms in total. The van der Waals surface area contributed by atoms with Gasteiger partial charge < -0.3 is 5.11 Å². The summed E-state index contributed by atoms with van der Waals surface area (Å²) in [5, 5.41) is 10.1. The summed E-state index contributed by atoms with van der Waals surface area (Å²) in [6.45, 7) is 5.78. The molecular weight excluding hydrogens is 184 g/mol. The Bertz CT molecular complexity index is 305. The fourth-order valence-corrected chi connectivity index (χ4v) is 1.71. The minimum absolute atomic E-state index is 0.309. The van der Waals surface area contributed by atoms with Crippen molar-refractivity contribution in [3.8, 4) is 0 Å². The summed E-state index contributed by atoms with van der Waals surface area (Å²) in [6.07, 6.45) is 0.365. The average Bonchev–Trinajstić information content (AvgIpc) is 1.98. The Morgan fingerprint density at radius 3 is 2.54 bits per heavy atom. The second-order valence-electron chi connectivity index (χ2n) is 3.58. The van der Waals surface area contributed by atoms with Crippen molar-refractivity contribution in [3.63, 3.8) is 0 Å². The van der Waals surface area contributed by atoms with Gasteiger partial charge in [-0.05, 0) is 49.9 Å². The third-order valence-corrected chi connectivity index (χ3v) is 2.50. The van der Waals surface area contributed by atoms with Gasteiger partial charge in [0.25, 0.3) is 0 Å². The summed E-state index contributed by atoms with van der Waals surface area (Å²) < 4.78 is 0. The largest absolute Gasteiger partial charge is 0.393 e. The SMILES string of the molecule is Cc1cc(Cl)c(C)c(CC(C)O)c1. The van der Waals surface area contributed by atoms with Crippen LogP contribution in [0.1, 0.15) is 23.6 Å². The maximum absolute atomic E-state index is 9.27. The molecule has 0 radical (unpaired) electrons. The zero-order valence-corrected chi connectivity index (χ0v) is 9.02. The molecule has 1 aromatic carbocycles. The summed E-state index contributed by atoms with van der Waals surface area (Å²) in [5.74, 6) is 0. The van der Waals surface area contributed by atoms with E-state index >= 15 is 0 Å². The van der Waals surface area contributed by atoms with Crippen LogP contribution in [0.4, 0.5) is 0 Å². The first-order valence-corrected chi connectivity index (χ1v) is 4.82. The monoisotopic (exact) mass is 198 g/mol. The maximum atomic E-state index is 9.27. The molecule has 0 saturated heterocycles. The average molecular weight is 199 g/mol. The summed E-state index contributed by atoms with van der Waals surface area (Å²) in [7, 11) is 0. The zero-order chi connectivity index (χ0) is 10.0. The van der Waals surface area contributed by atoms with E-state index in [0.717, 1.165) is 21.7 Å². The third-order valence-electron chi connectivity index (χ3n) is 2.11. The van der Waals surface area contributed by atoms with Gasteiger partial charge in [-0.3, -0.25) is 0 Å². The highest BCUT2D eigenvalue weighted by Gasteiger charge is 2.06. The Kier molecular flexibility index (Phi) is 3.34. The first kappa shape index (κ1) is 10.6. The third kappa shape index (κ3) is 2.71. The minimum atomic E-state index is -0.309. The first-order chi connectivity index (χ1) is 6.00. The van der Waals surface area contributed by atoms with Crippen LogP contribution in [-0.4, -0.2) is 11.2 Å². The molecule has 0 aliphatic rings. The van der Waals surface area contributed by atoms with Crippen LogP contribution >= 0.6 is 11.6 Å². The normalized spacial score (nSPS) is 13.0. The molecule has 0 amide bonds. The van der Waals surface area contributed by atoms with Gasteiger partial charge in [0, 0.05) is 5.02 Å². The molecule has 0 aromatic heterocycles. The highest BCUT2D eigenvalue weighted by Crippen LogP contribution is 2.22. The molecule has 1 rings (SSSR count). The van der Waals surface area contributed by atoms with E-state index in [1.54, 1.807) is 6.92 Å². The Hall–Kier alpha value is -0.530. The quantitative estimate of drug-likeness (QED) is 0.775. The molecule has 13 heavy (non-hydrogen) atoms. The fourth-order valence-electron chi connectivity index (χ4n) is 1.42. The number of benzene rings is 1. The van der Waals surface area contributed by atoms with Gasteiger partial charge in [-0.25, -0.2) is 0 Å². The standard InChI is InChI=1S/C11H15ClO/c1-7-4-10(6-8(2)13)9(3)11(12)5-7/h4-5,8,13H,6H2,1-3H3. The van der Waals surface area contributed by atoms with Crippen LogP contribution in [0, 0.1) is 13.8 Å². The van der Waals surface area contributed by atoms with E-state index in [-0.39, 0.29) is 6.10 Å². The second kappa shape index (κ2) is 4.12. The van der Waals surface area contributed by atoms with E-state index in [4.69, 9.17) is 11.6 Å². The highest BCUT2D eigenvalue weighted by atomic mass is 35.5. The van der Waals surface area contributed by atoms with Crippen molar-refractivity contribution in [2.75, 3.05) is 0 Å². The first-order valence-electron chi connectivity index (χ1n) is 4.44. The predicted octanol–water partition coefficient (Wildman–Crippen LogP) is 2.88. The van der Waals surface area contributed by atoms with Crippen molar-refractivity contribution < 1.29 is 5.11 Å². The van der Waals surface area contributed by atoms with Gasteiger partial charge in [0.15, 0.2) is 0 Å². The van der Waals surface area contributed by atoms with Crippen LogP contribution in [0.15, 0.2) is 12.1 Å². The van der Waals surface area contributed by atoms with E-state index in [1.807, 2.05) is 19.9 Å². The molecular formula is C11H15ClO. The van der Waals surface area contributed by atoms with Crippen LogP contribution in [0.5, 0.6) is 0 Å². The molecule has 0 fully saturated rings. The zero-order valence-electron chi connectivity index (χ0n) is 8.26. The molecule has 1 atom stereocenters. The number of hydrogen-bond acceptors (Lipinski definition) is 1. The van der Waals surface area contributed by atoms with Crippen molar-refractivity contribution in [1.29, 1.82) is 0 Å². The Morgan fingerprint density at radius 2 is 2.00 bits per heavy atom. The molecule has 0 bridgehead atoms. The fraction of sp³-hybridized carbons (Fsp3) is 0.455. The molecule has 0 aliphatic carbocycles. The van der Waals surface area contributed by atoms with Crippen molar-refractivity contribution in [3.05, 3.63) is 33.8 Å². The number of aliphatic hydroxyl groups excluding tert-OH is 1. The number of aliphatic hydroxyl groups is 1. The molecule has 2 heteroatoms. The number of halogens is 1. The van der Waals surface area contributed by atoms with E-state index in [9.17, 15) is 5.11 Å². The summed E-state index contributed by atoms with van der Waals surface area (Å²) in [4.78, 5) is 0. The molecule has 1 unspecified atom stereocenters. The topological polar surface area (TPSA) is 20.2 Å². The van der Waals surface area contributed by atoms with Crippen LogP contribution in [-0.2, 0) is 6.42 Å². The van der Waals surface area contributed by atoms with Gasteiger partial charge in [-0.15, -0.1) is 0 Å². The van der Waals surface area contributed by atoms with E-state index in [1.165, 1.54) is 0 Å². The molecule has 0 aliphatic heterocycles. The van der Waals surface area contributed by atoms with Gasteiger partial charge in [0.05, 0.1) is 6.10 Å². The van der Waals surface area contributed by atoms with Crippen molar-refractivity contribution in [1.82, 2.24) is 0 Å². The Labute approximate surface area is 84.4 Å². The van der Waals surface area contributed by atoms with Crippen LogP contribution in [0.2, 0.25) is 5.02 Å². The van der Waals surface area contributed by atoms with Gasteiger partial charge in [0.2, 0.25) is 0 Å². The summed E-state index contributed by atoms with van der Waals surface area (Å²) >= 11 is 6.02. The summed E-state index contributed by atoms with van der Waals surface area (Å²) in [5.41, 5.74) is 3.36. The van der Waals surface area contributed by atoms with E-state index in [2.05, 4.69) is 6.07 Å². The lowest BCUT2D eigenvalue weighted by molar-refractivity contribution is 0.195. The van der Waals surface area contributed by atoms with Gasteiger partial charge in [0.1, 0.15) is 0 Å². The maximum Gasteiger partial charge on any atom is 0.0552 e. The second-order valence-corrected chi connectivity index (χ2v) is 3.99. The van der Waals surface area contributed by atoms with Crippen molar-refractivity contribution in [2.24, 2.45) is 0 Å². The van der Waals surface area contributed by atoms with Crippen LogP contribution < -0.4 is 0 Å². The van der Waals surface area contributed by atoms with Gasteiger partial charge in [-0.2, -0.15) is 0 Å². The lowest BCUT2D eigenvalue weighted by Gasteiger charge is -2.10. The Morgan fingerprint density at radius 1 is 1.38 bits per heavy atom.